The fraction of sp³-hybridized carbons (Fsp3) is 0.200. The summed E-state index contributed by atoms with van der Waals surface area (Å²) in [6.45, 7) is 3.01. The molecule has 0 atom stereocenters. The number of para-hydroxylation sites is 3. The van der Waals surface area contributed by atoms with E-state index in [1.54, 1.807) is 6.20 Å². The smallest absolute Gasteiger partial charge is 0.119 e. The van der Waals surface area contributed by atoms with E-state index in [1.807, 2.05) is 103 Å². The zero-order valence-corrected chi connectivity index (χ0v) is 29.4. The molecule has 3 aromatic heterocycles. The van der Waals surface area contributed by atoms with E-state index >= 15 is 0 Å². The predicted molar refractivity (Wildman–Crippen MR) is 188 cm³/mol. The molecule has 4 aromatic carbocycles. The summed E-state index contributed by atoms with van der Waals surface area (Å²) in [7, 11) is 0. The molecule has 1 radical (unpaired) electrons. The summed E-state index contributed by atoms with van der Waals surface area (Å²) in [6.07, 6.45) is 9.32. The number of rotatable bonds is 12. The molecule has 0 unspecified atom stereocenters. The minimum absolute atomic E-state index is 0. The van der Waals surface area contributed by atoms with Gasteiger partial charge in [0.05, 0.1) is 35.0 Å². The van der Waals surface area contributed by atoms with Gasteiger partial charge >= 0.3 is 0 Å². The van der Waals surface area contributed by atoms with Crippen LogP contribution in [-0.4, -0.2) is 31.2 Å². The van der Waals surface area contributed by atoms with Crippen LogP contribution in [0.2, 0.25) is 0 Å². The Bertz CT molecular complexity index is 1940. The summed E-state index contributed by atoms with van der Waals surface area (Å²) in [5, 5.41) is 8.28. The molecule has 7 nitrogen and oxygen atoms in total. The molecule has 8 heteroatoms. The van der Waals surface area contributed by atoms with Crippen molar-refractivity contribution in [3.63, 3.8) is 0 Å². The first kappa shape index (κ1) is 34.4. The quantitative estimate of drug-likeness (QED) is 0.0905. The van der Waals surface area contributed by atoms with Crippen LogP contribution in [0.4, 0.5) is 0 Å². The number of hydrogen-bond donors (Lipinski definition) is 0. The van der Waals surface area contributed by atoms with Crippen molar-refractivity contribution >= 4 is 11.0 Å². The normalized spacial score (nSPS) is 10.6. The number of nitrogens with zero attached hydrogens (tertiary/aromatic N) is 6. The second kappa shape index (κ2) is 17.9. The summed E-state index contributed by atoms with van der Waals surface area (Å²) >= 11 is 0. The average Bonchev–Trinajstić information content (AvgIpc) is 3.79. The van der Waals surface area contributed by atoms with Gasteiger partial charge in [-0.25, -0.2) is 0 Å². The van der Waals surface area contributed by atoms with Crippen LogP contribution >= 0.6 is 0 Å². The van der Waals surface area contributed by atoms with E-state index in [-0.39, 0.29) is 20.1 Å². The third-order valence-corrected chi connectivity index (χ3v) is 7.75. The first-order valence-electron chi connectivity index (χ1n) is 16.3. The summed E-state index contributed by atoms with van der Waals surface area (Å²) < 4.78 is 7.99. The van der Waals surface area contributed by atoms with E-state index < -0.39 is 0 Å². The van der Waals surface area contributed by atoms with Gasteiger partial charge in [0.25, 0.3) is 0 Å². The Hall–Kier alpha value is -4.91. The SMILES string of the molecule is CCCCCCCCOc1ccc(-c2n[n-]c(-c3ccccn3)n2)cc1.[Ir].[c-]1ccccc1-c1nc2ccccc2n1-c1ccccc1. The third-order valence-electron chi connectivity index (χ3n) is 7.75. The van der Waals surface area contributed by atoms with E-state index in [0.717, 1.165) is 58.1 Å². The van der Waals surface area contributed by atoms with Crippen LogP contribution in [0.25, 0.3) is 51.0 Å². The molecule has 0 amide bonds. The van der Waals surface area contributed by atoms with Crippen LogP contribution in [-0.2, 0) is 20.1 Å². The monoisotopic (exact) mass is 811 g/mol. The Kier molecular flexibility index (Phi) is 12.8. The molecule has 7 rings (SSSR count). The summed E-state index contributed by atoms with van der Waals surface area (Å²) in [5.41, 5.74) is 5.86. The first-order valence-corrected chi connectivity index (χ1v) is 16.3. The van der Waals surface area contributed by atoms with Crippen molar-refractivity contribution in [2.24, 2.45) is 0 Å². The number of unbranched alkanes of at least 4 members (excludes halogenated alkanes) is 5. The number of ether oxygens (including phenoxy) is 1. The van der Waals surface area contributed by atoms with E-state index in [2.05, 4.69) is 55.9 Å². The van der Waals surface area contributed by atoms with Crippen molar-refractivity contribution in [1.82, 2.24) is 29.7 Å². The van der Waals surface area contributed by atoms with Crippen LogP contribution in [0.5, 0.6) is 5.75 Å². The number of aromatic nitrogens is 6. The standard InChI is InChI=1S/C21H25N4O.C19H13N2.Ir/c1-2-3-4-5-6-9-16-26-18-13-11-17(12-14-18)20-23-21(25-24-20)19-10-7-8-15-22-19;1-3-9-15(10-4-1)19-20-17-13-7-8-14-18(17)21(19)16-11-5-2-6-12-16;/h7-8,10-15H,2-6,9,16H2,1H3;1-9,11-14H;/q2*-1;. The Morgan fingerprint density at radius 3 is 2.25 bits per heavy atom. The molecular weight excluding hydrogens is 773 g/mol. The molecule has 0 aliphatic carbocycles. The van der Waals surface area contributed by atoms with Gasteiger partial charge in [0.15, 0.2) is 0 Å². The van der Waals surface area contributed by atoms with Crippen molar-refractivity contribution in [3.8, 4) is 45.7 Å². The third kappa shape index (κ3) is 8.91. The second-order valence-electron chi connectivity index (χ2n) is 11.2. The topological polar surface area (TPSA) is 79.8 Å². The largest absolute Gasteiger partial charge is 0.494 e. The summed E-state index contributed by atoms with van der Waals surface area (Å²) in [5.74, 6) is 2.95. The molecule has 245 valence electrons. The number of benzene rings is 4. The van der Waals surface area contributed by atoms with Gasteiger partial charge in [-0.05, 0) is 78.5 Å². The van der Waals surface area contributed by atoms with Gasteiger partial charge in [-0.2, -0.15) is 0 Å². The van der Waals surface area contributed by atoms with E-state index in [9.17, 15) is 0 Å². The van der Waals surface area contributed by atoms with Gasteiger partial charge < -0.3 is 19.4 Å². The second-order valence-corrected chi connectivity index (χ2v) is 11.2. The molecular formula is C40H38IrN6O-2. The van der Waals surface area contributed by atoms with Crippen LogP contribution in [0.15, 0.2) is 128 Å². The van der Waals surface area contributed by atoms with E-state index in [0.29, 0.717) is 11.6 Å². The van der Waals surface area contributed by atoms with E-state index in [1.165, 1.54) is 32.1 Å². The maximum atomic E-state index is 5.81. The van der Waals surface area contributed by atoms with Crippen molar-refractivity contribution in [2.75, 3.05) is 6.61 Å². The Morgan fingerprint density at radius 2 is 1.48 bits per heavy atom. The van der Waals surface area contributed by atoms with Gasteiger partial charge in [-0.3, -0.25) is 15.1 Å². The van der Waals surface area contributed by atoms with Crippen LogP contribution in [0.1, 0.15) is 45.4 Å². The number of fused-ring (bicyclic) bond motifs is 1. The minimum atomic E-state index is 0. The van der Waals surface area contributed by atoms with E-state index in [4.69, 9.17) is 9.72 Å². The molecule has 0 spiro atoms. The molecule has 48 heavy (non-hydrogen) atoms. The minimum Gasteiger partial charge on any atom is -0.494 e. The predicted octanol–water partition coefficient (Wildman–Crippen LogP) is 9.39. The molecule has 0 aliphatic heterocycles. The van der Waals surface area contributed by atoms with Gasteiger partial charge in [0, 0.05) is 32.0 Å². The molecule has 0 fully saturated rings. The number of hydrogen-bond acceptors (Lipinski definition) is 5. The van der Waals surface area contributed by atoms with Gasteiger partial charge in [0.1, 0.15) is 5.75 Å². The maximum absolute atomic E-state index is 5.81. The Morgan fingerprint density at radius 1 is 0.729 bits per heavy atom. The van der Waals surface area contributed by atoms with Crippen LogP contribution < -0.4 is 9.84 Å². The van der Waals surface area contributed by atoms with Gasteiger partial charge in [-0.1, -0.05) is 75.4 Å². The van der Waals surface area contributed by atoms with Crippen molar-refractivity contribution in [2.45, 2.75) is 45.4 Å². The van der Waals surface area contributed by atoms with Gasteiger partial charge in [0.2, 0.25) is 0 Å². The van der Waals surface area contributed by atoms with Crippen LogP contribution in [0.3, 0.4) is 0 Å². The fourth-order valence-corrected chi connectivity index (χ4v) is 5.32. The molecule has 7 aromatic rings. The van der Waals surface area contributed by atoms with Crippen molar-refractivity contribution in [3.05, 3.63) is 134 Å². The first-order chi connectivity index (χ1) is 23.3. The molecule has 0 aliphatic rings. The Balaban J connectivity index is 0.000000187. The average molecular weight is 811 g/mol. The fourth-order valence-electron chi connectivity index (χ4n) is 5.32. The zero-order valence-electron chi connectivity index (χ0n) is 27.0. The van der Waals surface area contributed by atoms with Crippen molar-refractivity contribution in [1.29, 1.82) is 0 Å². The maximum Gasteiger partial charge on any atom is 0.119 e. The summed E-state index contributed by atoms with van der Waals surface area (Å²) in [4.78, 5) is 13.5. The van der Waals surface area contributed by atoms with Crippen molar-refractivity contribution < 1.29 is 24.8 Å². The molecule has 0 bridgehead atoms. The molecule has 0 saturated heterocycles. The molecule has 0 N–H and O–H groups in total. The number of imidazole rings is 1. The zero-order chi connectivity index (χ0) is 32.1. The Labute approximate surface area is 295 Å². The molecule has 0 saturated carbocycles. The van der Waals surface area contributed by atoms with Crippen LogP contribution in [0, 0.1) is 6.07 Å². The van der Waals surface area contributed by atoms with Gasteiger partial charge in [-0.15, -0.1) is 35.9 Å². The molecule has 3 heterocycles. The summed E-state index contributed by atoms with van der Waals surface area (Å²) in [6, 6.07) is 43.2. The number of pyridine rings is 1.